The standard InChI is InChI=1S/C44H74N2O7/c1-3-5-7-9-10-11-12-13-14-15-16-17-18-19-20-21-22-23-24-26-32-36-43(50)53-39(33-29-25-8-6-4-2)34-30-27-28-31-35-41(48)45-37-42(49)46-40(38-47)44(51)52/h5,7,10-11,13-14,16-17,29,33,39-40,47H,3-4,6,8-9,12,15,18-28,30-32,34-38H2,1-2H3,(H,45,48)(H,46,49)(H,51,52)/b7-5-,11-10-,14-13-,17-16-,33-29-. The van der Waals surface area contributed by atoms with Crippen LogP contribution in [0, 0.1) is 0 Å². The van der Waals surface area contributed by atoms with Gasteiger partial charge in [0.05, 0.1) is 13.2 Å². The highest BCUT2D eigenvalue weighted by Crippen LogP contribution is 2.15. The summed E-state index contributed by atoms with van der Waals surface area (Å²) < 4.78 is 5.86. The molecule has 0 rings (SSSR count). The van der Waals surface area contributed by atoms with E-state index in [4.69, 9.17) is 14.9 Å². The molecule has 0 fully saturated rings. The number of carboxylic acids is 1. The first-order valence-corrected chi connectivity index (χ1v) is 20.7. The molecule has 0 saturated carbocycles. The lowest BCUT2D eigenvalue weighted by molar-refractivity contribution is -0.147. The Labute approximate surface area is 321 Å². The summed E-state index contributed by atoms with van der Waals surface area (Å²) in [7, 11) is 0. The van der Waals surface area contributed by atoms with Crippen molar-refractivity contribution in [3.8, 4) is 0 Å². The van der Waals surface area contributed by atoms with Gasteiger partial charge in [0.15, 0.2) is 0 Å². The molecule has 2 atom stereocenters. The molecule has 0 aliphatic rings. The van der Waals surface area contributed by atoms with Crippen LogP contribution < -0.4 is 10.6 Å². The maximum Gasteiger partial charge on any atom is 0.328 e. The number of nitrogens with one attached hydrogen (secondary N) is 2. The van der Waals surface area contributed by atoms with Crippen LogP contribution in [0.5, 0.6) is 0 Å². The van der Waals surface area contributed by atoms with E-state index in [1.807, 2.05) is 6.08 Å². The minimum atomic E-state index is -1.39. The molecule has 4 N–H and O–H groups in total. The molecule has 0 aliphatic heterocycles. The zero-order valence-corrected chi connectivity index (χ0v) is 33.2. The Kier molecular flexibility index (Phi) is 35.8. The molecule has 0 heterocycles. The average molecular weight is 743 g/mol. The van der Waals surface area contributed by atoms with Gasteiger partial charge in [0, 0.05) is 12.8 Å². The van der Waals surface area contributed by atoms with Gasteiger partial charge in [-0.1, -0.05) is 133 Å². The normalized spacial score (nSPS) is 13.1. The van der Waals surface area contributed by atoms with Gasteiger partial charge in [-0.2, -0.15) is 0 Å². The van der Waals surface area contributed by atoms with E-state index in [0.29, 0.717) is 12.8 Å². The van der Waals surface area contributed by atoms with Crippen molar-refractivity contribution in [2.24, 2.45) is 0 Å². The van der Waals surface area contributed by atoms with Crippen LogP contribution in [0.2, 0.25) is 0 Å². The summed E-state index contributed by atoms with van der Waals surface area (Å²) in [5.74, 6) is -2.42. The number of carbonyl (C=O) groups excluding carboxylic acids is 3. The number of rotatable bonds is 36. The molecule has 9 heteroatoms. The Morgan fingerprint density at radius 3 is 1.74 bits per heavy atom. The van der Waals surface area contributed by atoms with Crippen LogP contribution in [0.25, 0.3) is 0 Å². The molecular formula is C44H74N2O7. The second-order valence-electron chi connectivity index (χ2n) is 13.7. The second kappa shape index (κ2) is 38.3. The van der Waals surface area contributed by atoms with Crippen LogP contribution in [0.15, 0.2) is 60.8 Å². The highest BCUT2D eigenvalue weighted by molar-refractivity contribution is 5.87. The number of carboxylic acid groups (broad SMARTS) is 1. The molecule has 0 spiro atoms. The van der Waals surface area contributed by atoms with Crippen LogP contribution >= 0.6 is 0 Å². The van der Waals surface area contributed by atoms with E-state index in [2.05, 4.69) is 79.2 Å². The van der Waals surface area contributed by atoms with Gasteiger partial charge in [-0.3, -0.25) is 14.4 Å². The summed E-state index contributed by atoms with van der Waals surface area (Å²) in [6.07, 6.45) is 45.7. The molecule has 0 saturated heterocycles. The van der Waals surface area contributed by atoms with Crippen molar-refractivity contribution >= 4 is 23.8 Å². The molecule has 302 valence electrons. The van der Waals surface area contributed by atoms with Crippen molar-refractivity contribution < 1.29 is 34.1 Å². The number of carbonyl (C=O) groups is 4. The fourth-order valence-corrected chi connectivity index (χ4v) is 5.55. The minimum Gasteiger partial charge on any atom is -0.480 e. The Morgan fingerprint density at radius 2 is 1.13 bits per heavy atom. The predicted molar refractivity (Wildman–Crippen MR) is 217 cm³/mol. The molecule has 0 aromatic carbocycles. The predicted octanol–water partition coefficient (Wildman–Crippen LogP) is 9.76. The second-order valence-corrected chi connectivity index (χ2v) is 13.7. The van der Waals surface area contributed by atoms with Crippen LogP contribution in [0.3, 0.4) is 0 Å². The maximum absolute atomic E-state index is 12.6. The van der Waals surface area contributed by atoms with Gasteiger partial charge in [-0.05, 0) is 83.1 Å². The minimum absolute atomic E-state index is 0.126. The lowest BCUT2D eigenvalue weighted by Crippen LogP contribution is -2.47. The molecule has 0 aliphatic carbocycles. The van der Waals surface area contributed by atoms with Gasteiger partial charge in [0.1, 0.15) is 12.1 Å². The number of unbranched alkanes of at least 4 members (excludes halogenated alkanes) is 14. The summed E-state index contributed by atoms with van der Waals surface area (Å²) >= 11 is 0. The zero-order chi connectivity index (χ0) is 39.0. The number of aliphatic carboxylic acids is 1. The number of allylic oxidation sites excluding steroid dienone is 9. The van der Waals surface area contributed by atoms with Gasteiger partial charge >= 0.3 is 11.9 Å². The SMILES string of the molecule is CC/C=C\C/C=C\C/C=C\C/C=C\CCCCCCCCCCC(=O)OC(/C=C\CCCCC)CCCCCCC(=O)NCC(=O)NC(CO)C(=O)O. The topological polar surface area (TPSA) is 142 Å². The number of aliphatic hydroxyl groups is 1. The number of esters is 1. The van der Waals surface area contributed by atoms with E-state index >= 15 is 0 Å². The fraction of sp³-hybridized carbons (Fsp3) is 0.682. The molecular weight excluding hydrogens is 668 g/mol. The van der Waals surface area contributed by atoms with Crippen molar-refractivity contribution in [1.29, 1.82) is 0 Å². The summed E-state index contributed by atoms with van der Waals surface area (Å²) in [5.41, 5.74) is 0. The average Bonchev–Trinajstić information content (AvgIpc) is 3.14. The van der Waals surface area contributed by atoms with Gasteiger partial charge in [-0.25, -0.2) is 4.79 Å². The Bertz CT molecular complexity index is 1080. The third-order valence-electron chi connectivity index (χ3n) is 8.73. The zero-order valence-electron chi connectivity index (χ0n) is 33.2. The first-order chi connectivity index (χ1) is 25.8. The highest BCUT2D eigenvalue weighted by atomic mass is 16.5. The first kappa shape index (κ1) is 49.5. The third kappa shape index (κ3) is 35.3. The molecule has 53 heavy (non-hydrogen) atoms. The Hall–Kier alpha value is -3.46. The molecule has 9 nitrogen and oxygen atoms in total. The van der Waals surface area contributed by atoms with Crippen molar-refractivity contribution in [3.05, 3.63) is 60.8 Å². The van der Waals surface area contributed by atoms with Gasteiger partial charge in [0.2, 0.25) is 11.8 Å². The Balaban J connectivity index is 4.07. The van der Waals surface area contributed by atoms with Crippen molar-refractivity contribution in [2.45, 2.75) is 180 Å². The van der Waals surface area contributed by atoms with E-state index < -0.39 is 24.5 Å². The number of hydrogen-bond donors (Lipinski definition) is 4. The van der Waals surface area contributed by atoms with Crippen molar-refractivity contribution in [1.82, 2.24) is 10.6 Å². The smallest absolute Gasteiger partial charge is 0.328 e. The molecule has 2 amide bonds. The maximum atomic E-state index is 12.6. The fourth-order valence-electron chi connectivity index (χ4n) is 5.55. The van der Waals surface area contributed by atoms with Crippen LogP contribution in [0.1, 0.15) is 168 Å². The van der Waals surface area contributed by atoms with E-state index in [9.17, 15) is 19.2 Å². The van der Waals surface area contributed by atoms with Gasteiger partial charge in [-0.15, -0.1) is 0 Å². The summed E-state index contributed by atoms with van der Waals surface area (Å²) in [6.45, 7) is 3.27. The molecule has 0 bridgehead atoms. The Morgan fingerprint density at radius 1 is 0.604 bits per heavy atom. The molecule has 0 aromatic heterocycles. The largest absolute Gasteiger partial charge is 0.480 e. The van der Waals surface area contributed by atoms with Crippen LogP contribution in [-0.2, 0) is 23.9 Å². The number of amides is 2. The van der Waals surface area contributed by atoms with Crippen LogP contribution in [0.4, 0.5) is 0 Å². The number of ether oxygens (including phenoxy) is 1. The number of hydrogen-bond acceptors (Lipinski definition) is 6. The van der Waals surface area contributed by atoms with Crippen LogP contribution in [-0.4, -0.2) is 59.3 Å². The van der Waals surface area contributed by atoms with Gasteiger partial charge < -0.3 is 25.6 Å². The quantitative estimate of drug-likeness (QED) is 0.0284. The molecule has 2 unspecified atom stereocenters. The van der Waals surface area contributed by atoms with E-state index in [1.165, 1.54) is 44.9 Å². The lowest BCUT2D eigenvalue weighted by Gasteiger charge is -2.15. The monoisotopic (exact) mass is 743 g/mol. The molecule has 0 aromatic rings. The highest BCUT2D eigenvalue weighted by Gasteiger charge is 2.18. The summed E-state index contributed by atoms with van der Waals surface area (Å²) in [5, 5.41) is 22.5. The van der Waals surface area contributed by atoms with E-state index in [0.717, 1.165) is 89.9 Å². The van der Waals surface area contributed by atoms with Gasteiger partial charge in [0.25, 0.3) is 0 Å². The first-order valence-electron chi connectivity index (χ1n) is 20.7. The van der Waals surface area contributed by atoms with E-state index in [1.54, 1.807) is 0 Å². The van der Waals surface area contributed by atoms with E-state index in [-0.39, 0.29) is 30.9 Å². The number of aliphatic hydroxyl groups excluding tert-OH is 1. The molecule has 0 radical (unpaired) electrons. The van der Waals surface area contributed by atoms with Crippen molar-refractivity contribution in [2.75, 3.05) is 13.2 Å². The van der Waals surface area contributed by atoms with Crippen molar-refractivity contribution in [3.63, 3.8) is 0 Å². The lowest BCUT2D eigenvalue weighted by atomic mass is 10.1. The summed E-state index contributed by atoms with van der Waals surface area (Å²) in [6, 6.07) is -1.39. The third-order valence-corrected chi connectivity index (χ3v) is 8.73. The summed E-state index contributed by atoms with van der Waals surface area (Å²) in [4.78, 5) is 47.3.